The molecule has 0 aliphatic heterocycles. The predicted octanol–water partition coefficient (Wildman–Crippen LogP) is 4.61. The lowest BCUT2D eigenvalue weighted by Gasteiger charge is -2.14. The third-order valence-electron chi connectivity index (χ3n) is 2.41. The number of unbranched alkanes of at least 4 members (excludes halogenated alkanes) is 1. The summed E-state index contributed by atoms with van der Waals surface area (Å²) in [5, 5.41) is 0. The van der Waals surface area contributed by atoms with Crippen molar-refractivity contribution in [1.29, 1.82) is 0 Å². The Bertz CT molecular complexity index is 73.1. The van der Waals surface area contributed by atoms with Gasteiger partial charge >= 0.3 is 0 Å². The molecule has 0 aromatic rings. The summed E-state index contributed by atoms with van der Waals surface area (Å²) in [7, 11) is 0. The SMILES string of the molecule is CCCCC(CCC)CCCCl. The molecule has 12 heavy (non-hydrogen) atoms. The molecule has 0 heterocycles. The number of alkyl halides is 1. The topological polar surface area (TPSA) is 0 Å². The molecule has 74 valence electrons. The first kappa shape index (κ1) is 12.3. The van der Waals surface area contributed by atoms with Crippen LogP contribution in [0.15, 0.2) is 0 Å². The molecule has 0 aromatic heterocycles. The van der Waals surface area contributed by atoms with Crippen LogP contribution in [0.3, 0.4) is 0 Å². The van der Waals surface area contributed by atoms with Crippen LogP contribution in [0.25, 0.3) is 0 Å². The highest BCUT2D eigenvalue weighted by Gasteiger charge is 2.05. The Morgan fingerprint density at radius 1 is 0.917 bits per heavy atom. The molecule has 1 unspecified atom stereocenters. The van der Waals surface area contributed by atoms with Crippen LogP contribution in [-0.4, -0.2) is 5.88 Å². The third-order valence-corrected chi connectivity index (χ3v) is 2.68. The van der Waals surface area contributed by atoms with Crippen molar-refractivity contribution in [3.8, 4) is 0 Å². The molecule has 1 heteroatoms. The Morgan fingerprint density at radius 2 is 1.58 bits per heavy atom. The van der Waals surface area contributed by atoms with E-state index < -0.39 is 0 Å². The number of hydrogen-bond donors (Lipinski definition) is 0. The van der Waals surface area contributed by atoms with E-state index in [1.807, 2.05) is 0 Å². The molecule has 0 radical (unpaired) electrons. The van der Waals surface area contributed by atoms with Crippen molar-refractivity contribution in [3.63, 3.8) is 0 Å². The minimum atomic E-state index is 0.840. The van der Waals surface area contributed by atoms with Gasteiger partial charge in [0.2, 0.25) is 0 Å². The van der Waals surface area contributed by atoms with Gasteiger partial charge in [-0.3, -0.25) is 0 Å². The van der Waals surface area contributed by atoms with Crippen molar-refractivity contribution >= 4 is 11.6 Å². The number of hydrogen-bond acceptors (Lipinski definition) is 0. The molecule has 0 spiro atoms. The summed E-state index contributed by atoms with van der Waals surface area (Å²) in [5.41, 5.74) is 0. The first-order valence-corrected chi connectivity index (χ1v) is 5.94. The fourth-order valence-electron chi connectivity index (χ4n) is 1.70. The molecular formula is C11H23Cl. The quantitative estimate of drug-likeness (QED) is 0.491. The minimum absolute atomic E-state index is 0.840. The summed E-state index contributed by atoms with van der Waals surface area (Å²) < 4.78 is 0. The van der Waals surface area contributed by atoms with Crippen molar-refractivity contribution in [3.05, 3.63) is 0 Å². The largest absolute Gasteiger partial charge is 0.127 e. The molecule has 0 nitrogen and oxygen atoms in total. The Balaban J connectivity index is 3.40. The van der Waals surface area contributed by atoms with Gasteiger partial charge in [-0.15, -0.1) is 11.6 Å². The van der Waals surface area contributed by atoms with E-state index >= 15 is 0 Å². The Labute approximate surface area is 82.7 Å². The smallest absolute Gasteiger partial charge is 0.0223 e. The zero-order valence-electron chi connectivity index (χ0n) is 8.61. The molecule has 0 fully saturated rings. The maximum absolute atomic E-state index is 5.68. The monoisotopic (exact) mass is 190 g/mol. The highest BCUT2D eigenvalue weighted by molar-refractivity contribution is 6.17. The molecule has 0 amide bonds. The highest BCUT2D eigenvalue weighted by Crippen LogP contribution is 2.20. The van der Waals surface area contributed by atoms with E-state index in [0.717, 1.165) is 11.8 Å². The van der Waals surface area contributed by atoms with Crippen LogP contribution in [-0.2, 0) is 0 Å². The van der Waals surface area contributed by atoms with Crippen LogP contribution in [0.5, 0.6) is 0 Å². The lowest BCUT2D eigenvalue weighted by Crippen LogP contribution is -2.00. The van der Waals surface area contributed by atoms with Gasteiger partial charge in [-0.1, -0.05) is 46.0 Å². The van der Waals surface area contributed by atoms with Crippen LogP contribution in [0.2, 0.25) is 0 Å². The number of halogens is 1. The Kier molecular flexibility index (Phi) is 9.61. The second-order valence-corrected chi connectivity index (χ2v) is 4.01. The van der Waals surface area contributed by atoms with Gasteiger partial charge < -0.3 is 0 Å². The fraction of sp³-hybridized carbons (Fsp3) is 1.00. The molecule has 0 aliphatic carbocycles. The van der Waals surface area contributed by atoms with Gasteiger partial charge in [-0.2, -0.15) is 0 Å². The average molecular weight is 191 g/mol. The molecule has 0 N–H and O–H groups in total. The molecule has 1 atom stereocenters. The molecule has 0 aliphatic rings. The normalized spacial score (nSPS) is 13.2. The summed E-state index contributed by atoms with van der Waals surface area (Å²) in [4.78, 5) is 0. The molecular weight excluding hydrogens is 168 g/mol. The highest BCUT2D eigenvalue weighted by atomic mass is 35.5. The van der Waals surface area contributed by atoms with Gasteiger partial charge in [0.15, 0.2) is 0 Å². The maximum Gasteiger partial charge on any atom is 0.0223 e. The van der Waals surface area contributed by atoms with Crippen LogP contribution >= 0.6 is 11.6 Å². The Morgan fingerprint density at radius 3 is 2.08 bits per heavy atom. The van der Waals surface area contributed by atoms with E-state index in [4.69, 9.17) is 11.6 Å². The van der Waals surface area contributed by atoms with Crippen molar-refractivity contribution in [2.24, 2.45) is 5.92 Å². The summed E-state index contributed by atoms with van der Waals surface area (Å²) in [6.07, 6.45) is 9.43. The van der Waals surface area contributed by atoms with Crippen LogP contribution in [0.1, 0.15) is 58.8 Å². The number of rotatable bonds is 8. The average Bonchev–Trinajstić information content (AvgIpc) is 2.10. The van der Waals surface area contributed by atoms with E-state index in [2.05, 4.69) is 13.8 Å². The van der Waals surface area contributed by atoms with Crippen molar-refractivity contribution in [2.45, 2.75) is 58.8 Å². The van der Waals surface area contributed by atoms with E-state index in [1.54, 1.807) is 0 Å². The summed E-state index contributed by atoms with van der Waals surface area (Å²) in [5.74, 6) is 1.79. The zero-order chi connectivity index (χ0) is 9.23. The van der Waals surface area contributed by atoms with Gasteiger partial charge in [-0.25, -0.2) is 0 Å². The lowest BCUT2D eigenvalue weighted by molar-refractivity contribution is 0.399. The van der Waals surface area contributed by atoms with Crippen molar-refractivity contribution < 1.29 is 0 Å². The van der Waals surface area contributed by atoms with E-state index in [-0.39, 0.29) is 0 Å². The molecule has 0 saturated carbocycles. The minimum Gasteiger partial charge on any atom is -0.127 e. The molecule has 0 aromatic carbocycles. The van der Waals surface area contributed by atoms with Crippen LogP contribution in [0.4, 0.5) is 0 Å². The first-order valence-electron chi connectivity index (χ1n) is 5.41. The molecule has 0 saturated heterocycles. The second kappa shape index (κ2) is 9.38. The predicted molar refractivity (Wildman–Crippen MR) is 57.9 cm³/mol. The zero-order valence-corrected chi connectivity index (χ0v) is 9.37. The third kappa shape index (κ3) is 6.97. The standard InChI is InChI=1S/C11H23Cl/c1-3-5-8-11(7-4-2)9-6-10-12/h11H,3-10H2,1-2H3. The van der Waals surface area contributed by atoms with Gasteiger partial charge in [0.1, 0.15) is 0 Å². The summed E-state index contributed by atoms with van der Waals surface area (Å²) in [6, 6.07) is 0. The van der Waals surface area contributed by atoms with E-state index in [1.165, 1.54) is 44.9 Å². The van der Waals surface area contributed by atoms with Crippen molar-refractivity contribution in [2.75, 3.05) is 5.88 Å². The van der Waals surface area contributed by atoms with Gasteiger partial charge in [0, 0.05) is 5.88 Å². The summed E-state index contributed by atoms with van der Waals surface area (Å²) in [6.45, 7) is 4.55. The molecule has 0 bridgehead atoms. The van der Waals surface area contributed by atoms with Crippen molar-refractivity contribution in [1.82, 2.24) is 0 Å². The van der Waals surface area contributed by atoms with Gasteiger partial charge in [0.25, 0.3) is 0 Å². The Hall–Kier alpha value is 0.290. The van der Waals surface area contributed by atoms with Gasteiger partial charge in [0.05, 0.1) is 0 Å². The summed E-state index contributed by atoms with van der Waals surface area (Å²) >= 11 is 5.68. The fourth-order valence-corrected chi connectivity index (χ4v) is 1.85. The maximum atomic E-state index is 5.68. The first-order chi connectivity index (χ1) is 5.85. The molecule has 0 rings (SSSR count). The lowest BCUT2D eigenvalue weighted by atomic mass is 9.93. The van der Waals surface area contributed by atoms with Gasteiger partial charge in [-0.05, 0) is 18.8 Å². The van der Waals surface area contributed by atoms with E-state index in [9.17, 15) is 0 Å². The second-order valence-electron chi connectivity index (χ2n) is 3.63. The van der Waals surface area contributed by atoms with E-state index in [0.29, 0.717) is 0 Å². The van der Waals surface area contributed by atoms with Crippen LogP contribution < -0.4 is 0 Å². The van der Waals surface area contributed by atoms with Crippen LogP contribution in [0, 0.1) is 5.92 Å².